The van der Waals surface area contributed by atoms with Crippen molar-refractivity contribution in [2.45, 2.75) is 38.0 Å². The molecule has 7 heteroatoms. The third kappa shape index (κ3) is 1.47. The summed E-state index contributed by atoms with van der Waals surface area (Å²) in [5.74, 6) is -3.54. The van der Waals surface area contributed by atoms with E-state index in [4.69, 9.17) is 10.5 Å². The Bertz CT molecular complexity index is 489. The molecule has 0 saturated heterocycles. The first-order valence-corrected chi connectivity index (χ1v) is 6.01. The fourth-order valence-electron chi connectivity index (χ4n) is 2.83. The van der Waals surface area contributed by atoms with E-state index < -0.39 is 18.1 Å². The van der Waals surface area contributed by atoms with Crippen molar-refractivity contribution < 1.29 is 18.6 Å². The van der Waals surface area contributed by atoms with Crippen LogP contribution in [-0.2, 0) is 17.2 Å². The van der Waals surface area contributed by atoms with Gasteiger partial charge in [0.15, 0.2) is 6.29 Å². The minimum absolute atomic E-state index is 0.123. The fourth-order valence-corrected chi connectivity index (χ4v) is 2.83. The van der Waals surface area contributed by atoms with Gasteiger partial charge in [-0.25, -0.2) is 0 Å². The second kappa shape index (κ2) is 3.64. The average Bonchev–Trinajstić information content (AvgIpc) is 2.94. The molecule has 1 fully saturated rings. The number of fused-ring (bicyclic) bond motifs is 3. The first kappa shape index (κ1) is 11.9. The Morgan fingerprint density at radius 1 is 1.67 bits per heavy atom. The van der Waals surface area contributed by atoms with Crippen molar-refractivity contribution in [3.05, 3.63) is 11.3 Å². The van der Waals surface area contributed by atoms with Crippen LogP contribution in [0.15, 0.2) is 0 Å². The number of ether oxygens (including phenoxy) is 1. The van der Waals surface area contributed by atoms with Crippen molar-refractivity contribution in [1.82, 2.24) is 9.78 Å². The van der Waals surface area contributed by atoms with Crippen molar-refractivity contribution in [3.63, 3.8) is 0 Å². The third-order valence-corrected chi connectivity index (χ3v) is 3.65. The molecule has 0 radical (unpaired) electrons. The van der Waals surface area contributed by atoms with Gasteiger partial charge in [0, 0.05) is 18.1 Å². The Labute approximate surface area is 103 Å². The highest BCUT2D eigenvalue weighted by Gasteiger charge is 2.66. The Morgan fingerprint density at radius 2 is 2.39 bits per heavy atom. The number of anilines is 1. The molecule has 0 amide bonds. The summed E-state index contributed by atoms with van der Waals surface area (Å²) in [4.78, 5) is 0. The third-order valence-electron chi connectivity index (χ3n) is 3.65. The van der Waals surface area contributed by atoms with Gasteiger partial charge in [-0.3, -0.25) is 4.68 Å². The summed E-state index contributed by atoms with van der Waals surface area (Å²) in [6.07, 6.45) is -0.671. The molecule has 2 aliphatic carbocycles. The maximum atomic E-state index is 14.0. The predicted molar refractivity (Wildman–Crippen MR) is 59.0 cm³/mol. The van der Waals surface area contributed by atoms with E-state index in [0.29, 0.717) is 18.6 Å². The van der Waals surface area contributed by atoms with Crippen molar-refractivity contribution in [1.29, 1.82) is 0 Å². The zero-order valence-electron chi connectivity index (χ0n) is 9.94. The number of aromatic nitrogens is 2. The highest BCUT2D eigenvalue weighted by atomic mass is 19.3. The molecule has 0 aromatic carbocycles. The molecule has 3 N–H and O–H groups in total. The van der Waals surface area contributed by atoms with Gasteiger partial charge in [-0.05, 0) is 19.3 Å². The average molecular weight is 259 g/mol. The lowest BCUT2D eigenvalue weighted by Crippen LogP contribution is -2.26. The molecule has 100 valence electrons. The van der Waals surface area contributed by atoms with E-state index in [1.165, 1.54) is 0 Å². The molecule has 1 unspecified atom stereocenters. The molecule has 0 spiro atoms. The van der Waals surface area contributed by atoms with Gasteiger partial charge in [0.05, 0.1) is 6.54 Å². The zero-order chi connectivity index (χ0) is 13.1. The molecule has 1 saturated carbocycles. The second-order valence-electron chi connectivity index (χ2n) is 4.81. The standard InChI is InChI=1S/C11H15F2N3O2/c1-2-18-7(17)4-16-9-8(10(14)15-16)5-3-6(5)11(9,12)13/h5-7,17H,2-4H2,1H3,(H2,14,15)/t5-,6+,7?/m0/s1. The van der Waals surface area contributed by atoms with Crippen LogP contribution in [0.2, 0.25) is 0 Å². The molecule has 5 nitrogen and oxygen atoms in total. The second-order valence-corrected chi connectivity index (χ2v) is 4.81. The molecule has 0 bridgehead atoms. The van der Waals surface area contributed by atoms with Gasteiger partial charge in [0.25, 0.3) is 5.92 Å². The van der Waals surface area contributed by atoms with Gasteiger partial charge >= 0.3 is 0 Å². The lowest BCUT2D eigenvalue weighted by molar-refractivity contribution is -0.108. The molecular formula is C11H15F2N3O2. The predicted octanol–water partition coefficient (Wildman–Crippen LogP) is 1.03. The monoisotopic (exact) mass is 259 g/mol. The number of nitrogens with zero attached hydrogens (tertiary/aromatic N) is 2. The maximum Gasteiger partial charge on any atom is 0.293 e. The number of hydrogen-bond acceptors (Lipinski definition) is 4. The normalized spacial score (nSPS) is 28.9. The first-order chi connectivity index (χ1) is 8.46. The van der Waals surface area contributed by atoms with Crippen LogP contribution in [-0.4, -0.2) is 27.8 Å². The van der Waals surface area contributed by atoms with E-state index >= 15 is 0 Å². The Hall–Kier alpha value is -1.21. The molecule has 3 rings (SSSR count). The van der Waals surface area contributed by atoms with Gasteiger partial charge in [-0.15, -0.1) is 0 Å². The maximum absolute atomic E-state index is 14.0. The molecule has 18 heavy (non-hydrogen) atoms. The highest BCUT2D eigenvalue weighted by molar-refractivity contribution is 5.55. The van der Waals surface area contributed by atoms with Crippen molar-refractivity contribution in [3.8, 4) is 0 Å². The number of rotatable bonds is 4. The Balaban J connectivity index is 1.94. The number of nitrogens with two attached hydrogens (primary N) is 1. The minimum atomic E-state index is -2.89. The summed E-state index contributed by atoms with van der Waals surface area (Å²) in [6.45, 7) is 1.90. The van der Waals surface area contributed by atoms with Crippen molar-refractivity contribution >= 4 is 5.82 Å². The molecule has 0 aliphatic heterocycles. The number of hydrogen-bond donors (Lipinski definition) is 2. The van der Waals surface area contributed by atoms with Crippen LogP contribution in [0.3, 0.4) is 0 Å². The molecule has 1 aromatic heterocycles. The van der Waals surface area contributed by atoms with Crippen molar-refractivity contribution in [2.75, 3.05) is 12.3 Å². The first-order valence-electron chi connectivity index (χ1n) is 6.01. The molecule has 1 aromatic rings. The molecular weight excluding hydrogens is 244 g/mol. The van der Waals surface area contributed by atoms with Gasteiger partial charge < -0.3 is 15.6 Å². The smallest absolute Gasteiger partial charge is 0.293 e. The number of halogens is 2. The van der Waals surface area contributed by atoms with Crippen LogP contribution in [0.1, 0.15) is 30.5 Å². The van der Waals surface area contributed by atoms with E-state index in [2.05, 4.69) is 5.10 Å². The van der Waals surface area contributed by atoms with Crippen LogP contribution in [0, 0.1) is 5.92 Å². The number of aliphatic hydroxyl groups is 1. The molecule has 3 atom stereocenters. The van der Waals surface area contributed by atoms with Crippen LogP contribution < -0.4 is 5.73 Å². The largest absolute Gasteiger partial charge is 0.382 e. The number of nitrogen functional groups attached to an aromatic ring is 1. The van der Waals surface area contributed by atoms with Gasteiger partial charge in [-0.2, -0.15) is 13.9 Å². The molecule has 2 aliphatic rings. The van der Waals surface area contributed by atoms with E-state index in [9.17, 15) is 13.9 Å². The number of aliphatic hydroxyl groups excluding tert-OH is 1. The Kier molecular flexibility index (Phi) is 2.40. The Morgan fingerprint density at radius 3 is 3.06 bits per heavy atom. The zero-order valence-corrected chi connectivity index (χ0v) is 9.94. The highest BCUT2D eigenvalue weighted by Crippen LogP contribution is 2.68. The van der Waals surface area contributed by atoms with Crippen LogP contribution >= 0.6 is 0 Å². The van der Waals surface area contributed by atoms with Gasteiger partial charge in [0.1, 0.15) is 11.5 Å². The van der Waals surface area contributed by atoms with E-state index in [-0.39, 0.29) is 24.0 Å². The van der Waals surface area contributed by atoms with E-state index in [0.717, 1.165) is 4.68 Å². The lowest BCUT2D eigenvalue weighted by atomic mass is 10.1. The SMILES string of the molecule is CCOC(O)Cn1nc(N)c2c1C(F)(F)[C@@H]1C[C@H]21. The lowest BCUT2D eigenvalue weighted by Gasteiger charge is -2.17. The van der Waals surface area contributed by atoms with Crippen LogP contribution in [0.25, 0.3) is 0 Å². The topological polar surface area (TPSA) is 73.3 Å². The van der Waals surface area contributed by atoms with Crippen molar-refractivity contribution in [2.24, 2.45) is 5.92 Å². The quantitative estimate of drug-likeness (QED) is 0.792. The summed E-state index contributed by atoms with van der Waals surface area (Å²) in [5, 5.41) is 13.4. The fraction of sp³-hybridized carbons (Fsp3) is 0.727. The summed E-state index contributed by atoms with van der Waals surface area (Å²) in [5.41, 5.74) is 6.02. The molecule has 1 heterocycles. The van der Waals surface area contributed by atoms with Gasteiger partial charge in [-0.1, -0.05) is 0 Å². The van der Waals surface area contributed by atoms with Crippen LogP contribution in [0.4, 0.5) is 14.6 Å². The summed E-state index contributed by atoms with van der Waals surface area (Å²) in [7, 11) is 0. The van der Waals surface area contributed by atoms with E-state index in [1.54, 1.807) is 6.92 Å². The summed E-state index contributed by atoms with van der Waals surface area (Å²) in [6, 6.07) is 0. The summed E-state index contributed by atoms with van der Waals surface area (Å²) < 4.78 is 34.1. The minimum Gasteiger partial charge on any atom is -0.382 e. The number of alkyl halides is 2. The summed E-state index contributed by atoms with van der Waals surface area (Å²) >= 11 is 0. The van der Waals surface area contributed by atoms with Crippen LogP contribution in [0.5, 0.6) is 0 Å². The van der Waals surface area contributed by atoms with E-state index in [1.807, 2.05) is 0 Å². The van der Waals surface area contributed by atoms with Gasteiger partial charge in [0.2, 0.25) is 0 Å².